The van der Waals surface area contributed by atoms with E-state index in [0.29, 0.717) is 24.5 Å². The highest BCUT2D eigenvalue weighted by molar-refractivity contribution is 5.70. The molecule has 0 aliphatic carbocycles. The number of hydrogen-bond acceptors (Lipinski definition) is 2. The summed E-state index contributed by atoms with van der Waals surface area (Å²) in [6, 6.07) is 16.8. The fourth-order valence-corrected chi connectivity index (χ4v) is 3.03. The molecule has 0 fully saturated rings. The Kier molecular flexibility index (Phi) is 6.76. The summed E-state index contributed by atoms with van der Waals surface area (Å²) in [6.07, 6.45) is 3.29. The number of aromatic nitrogens is 1. The van der Waals surface area contributed by atoms with E-state index in [1.54, 1.807) is 0 Å². The number of allylic oxidation sites excluding steroid dienone is 1. The van der Waals surface area contributed by atoms with Crippen LogP contribution in [0.4, 0.5) is 8.78 Å². The van der Waals surface area contributed by atoms with E-state index in [1.165, 1.54) is 13.0 Å². The van der Waals surface area contributed by atoms with Gasteiger partial charge in [-0.15, -0.1) is 0 Å². The van der Waals surface area contributed by atoms with Crippen molar-refractivity contribution < 1.29 is 13.5 Å². The third-order valence-corrected chi connectivity index (χ3v) is 4.66. The van der Waals surface area contributed by atoms with E-state index in [4.69, 9.17) is 4.74 Å². The van der Waals surface area contributed by atoms with Crippen LogP contribution < -0.4 is 4.74 Å². The number of halogens is 2. The van der Waals surface area contributed by atoms with Gasteiger partial charge in [0.2, 0.25) is 0 Å². The van der Waals surface area contributed by atoms with Gasteiger partial charge >= 0.3 is 0 Å². The van der Waals surface area contributed by atoms with Crippen LogP contribution in [0.15, 0.2) is 60.7 Å². The van der Waals surface area contributed by atoms with Gasteiger partial charge in [0.25, 0.3) is 0 Å². The van der Waals surface area contributed by atoms with Gasteiger partial charge in [-0.2, -0.15) is 0 Å². The molecule has 4 heteroatoms. The number of ether oxygens (including phenoxy) is 1. The van der Waals surface area contributed by atoms with Crippen molar-refractivity contribution in [3.63, 3.8) is 0 Å². The molecule has 0 saturated carbocycles. The Morgan fingerprint density at radius 1 is 1.00 bits per heavy atom. The van der Waals surface area contributed by atoms with Crippen LogP contribution in [-0.4, -0.2) is 17.8 Å². The van der Waals surface area contributed by atoms with E-state index in [9.17, 15) is 8.78 Å². The van der Waals surface area contributed by atoms with Crippen molar-refractivity contribution in [1.82, 2.24) is 4.98 Å². The fourth-order valence-electron chi connectivity index (χ4n) is 3.03. The summed E-state index contributed by atoms with van der Waals surface area (Å²) in [6.45, 7) is 5.64. The second-order valence-electron chi connectivity index (χ2n) is 7.04. The zero-order valence-electron chi connectivity index (χ0n) is 17.0. The van der Waals surface area contributed by atoms with Gasteiger partial charge in [-0.05, 0) is 61.7 Å². The topological polar surface area (TPSA) is 22.1 Å². The van der Waals surface area contributed by atoms with Crippen molar-refractivity contribution in [3.8, 4) is 28.1 Å². The predicted octanol–water partition coefficient (Wildman–Crippen LogP) is 7.02. The fraction of sp³-hybridized carbons (Fsp3) is 0.240. The van der Waals surface area contributed by atoms with Gasteiger partial charge in [0.1, 0.15) is 23.4 Å². The van der Waals surface area contributed by atoms with Crippen molar-refractivity contribution in [2.45, 2.75) is 33.4 Å². The summed E-state index contributed by atoms with van der Waals surface area (Å²) in [5, 5.41) is 0. The zero-order valence-corrected chi connectivity index (χ0v) is 17.0. The van der Waals surface area contributed by atoms with Crippen LogP contribution in [0.25, 0.3) is 28.5 Å². The summed E-state index contributed by atoms with van der Waals surface area (Å²) < 4.78 is 32.8. The lowest BCUT2D eigenvalue weighted by Crippen LogP contribution is -2.03. The number of rotatable bonds is 7. The molecule has 3 aromatic rings. The average molecular weight is 393 g/mol. The maximum atomic E-state index is 14.5. The molecule has 0 radical (unpaired) electrons. The van der Waals surface area contributed by atoms with Gasteiger partial charge in [0.05, 0.1) is 12.3 Å². The highest BCUT2D eigenvalue weighted by Crippen LogP contribution is 2.28. The van der Waals surface area contributed by atoms with Crippen molar-refractivity contribution in [1.29, 1.82) is 0 Å². The number of benzene rings is 2. The average Bonchev–Trinajstić information content (AvgIpc) is 2.71. The van der Waals surface area contributed by atoms with Crippen LogP contribution in [0, 0.1) is 12.7 Å². The summed E-state index contributed by atoms with van der Waals surface area (Å²) in [5.41, 5.74) is 4.70. The number of hydrogen-bond donors (Lipinski definition) is 0. The lowest BCUT2D eigenvalue weighted by Gasteiger charge is -2.10. The number of nitrogens with zero attached hydrogens (tertiary/aromatic N) is 1. The standard InChI is InChI=1S/C25H25F2NO/c1-4-5-24-17(2)16-23(27)25(28-24)21-8-6-19(7-9-21)20-10-12-22(13-11-20)29-15-14-18(3)26/h4-13,16,18H,14-15H2,1-3H3/b5-4+. The molecule has 0 bridgehead atoms. The molecule has 2 aromatic carbocycles. The molecule has 2 nitrogen and oxygen atoms in total. The molecule has 150 valence electrons. The molecule has 0 amide bonds. The maximum absolute atomic E-state index is 14.5. The quantitative estimate of drug-likeness (QED) is 0.430. The molecule has 0 saturated heterocycles. The summed E-state index contributed by atoms with van der Waals surface area (Å²) >= 11 is 0. The van der Waals surface area contributed by atoms with Gasteiger partial charge < -0.3 is 4.74 Å². The summed E-state index contributed by atoms with van der Waals surface area (Å²) in [5.74, 6) is 0.390. The Morgan fingerprint density at radius 2 is 1.59 bits per heavy atom. The first-order valence-corrected chi connectivity index (χ1v) is 9.75. The Morgan fingerprint density at radius 3 is 2.17 bits per heavy atom. The van der Waals surface area contributed by atoms with E-state index in [-0.39, 0.29) is 5.82 Å². The molecule has 3 rings (SSSR count). The van der Waals surface area contributed by atoms with Gasteiger partial charge in [-0.3, -0.25) is 0 Å². The predicted molar refractivity (Wildman–Crippen MR) is 115 cm³/mol. The second-order valence-corrected chi connectivity index (χ2v) is 7.04. The maximum Gasteiger partial charge on any atom is 0.149 e. The first kappa shape index (κ1) is 20.7. The Bertz CT molecular complexity index is 977. The molecular weight excluding hydrogens is 368 g/mol. The molecule has 1 unspecified atom stereocenters. The van der Waals surface area contributed by atoms with Crippen LogP contribution in [-0.2, 0) is 0 Å². The minimum atomic E-state index is -0.866. The minimum Gasteiger partial charge on any atom is -0.493 e. The summed E-state index contributed by atoms with van der Waals surface area (Å²) in [4.78, 5) is 4.48. The normalized spacial score (nSPS) is 12.3. The number of pyridine rings is 1. The van der Waals surface area contributed by atoms with Crippen molar-refractivity contribution in [3.05, 3.63) is 77.7 Å². The second kappa shape index (κ2) is 9.46. The monoisotopic (exact) mass is 393 g/mol. The molecule has 1 heterocycles. The van der Waals surface area contributed by atoms with E-state index in [0.717, 1.165) is 27.9 Å². The lowest BCUT2D eigenvalue weighted by atomic mass is 10.0. The van der Waals surface area contributed by atoms with Gasteiger partial charge in [0.15, 0.2) is 0 Å². The van der Waals surface area contributed by atoms with Crippen LogP contribution in [0.2, 0.25) is 0 Å². The molecule has 0 aliphatic heterocycles. The molecular formula is C25H25F2NO. The molecule has 1 atom stereocenters. The largest absolute Gasteiger partial charge is 0.493 e. The van der Waals surface area contributed by atoms with E-state index in [1.807, 2.05) is 74.5 Å². The highest BCUT2D eigenvalue weighted by atomic mass is 19.1. The molecule has 0 aliphatic rings. The van der Waals surface area contributed by atoms with E-state index in [2.05, 4.69) is 4.98 Å². The van der Waals surface area contributed by atoms with Crippen LogP contribution in [0.3, 0.4) is 0 Å². The number of alkyl halides is 1. The Labute approximate surface area is 170 Å². The molecule has 1 aromatic heterocycles. The van der Waals surface area contributed by atoms with Crippen molar-refractivity contribution >= 4 is 6.08 Å². The molecule has 0 spiro atoms. The van der Waals surface area contributed by atoms with Gasteiger partial charge in [0, 0.05) is 12.0 Å². The number of aryl methyl sites for hydroxylation is 1. The SMILES string of the molecule is C/C=C/c1nc(-c2ccc(-c3ccc(OCCC(C)F)cc3)cc2)c(F)cc1C. The Balaban J connectivity index is 1.78. The van der Waals surface area contributed by atoms with E-state index >= 15 is 0 Å². The van der Waals surface area contributed by atoms with Crippen LogP contribution >= 0.6 is 0 Å². The zero-order chi connectivity index (χ0) is 20.8. The van der Waals surface area contributed by atoms with Gasteiger partial charge in [-0.25, -0.2) is 13.8 Å². The minimum absolute atomic E-state index is 0.326. The smallest absolute Gasteiger partial charge is 0.149 e. The van der Waals surface area contributed by atoms with Gasteiger partial charge in [-0.1, -0.05) is 42.5 Å². The highest BCUT2D eigenvalue weighted by Gasteiger charge is 2.10. The summed E-state index contributed by atoms with van der Waals surface area (Å²) in [7, 11) is 0. The molecule has 0 N–H and O–H groups in total. The van der Waals surface area contributed by atoms with Crippen LogP contribution in [0.1, 0.15) is 31.5 Å². The first-order chi connectivity index (χ1) is 14.0. The van der Waals surface area contributed by atoms with Crippen LogP contribution in [0.5, 0.6) is 5.75 Å². The van der Waals surface area contributed by atoms with Crippen molar-refractivity contribution in [2.75, 3.05) is 6.61 Å². The van der Waals surface area contributed by atoms with Crippen molar-refractivity contribution in [2.24, 2.45) is 0 Å². The first-order valence-electron chi connectivity index (χ1n) is 9.75. The van der Waals surface area contributed by atoms with E-state index < -0.39 is 6.17 Å². The third kappa shape index (κ3) is 5.29. The molecule has 29 heavy (non-hydrogen) atoms. The Hall–Kier alpha value is -3.01. The third-order valence-electron chi connectivity index (χ3n) is 4.66. The lowest BCUT2D eigenvalue weighted by molar-refractivity contribution is 0.247.